The Morgan fingerprint density at radius 2 is 0.800 bits per heavy atom. The maximum atomic E-state index is 2.56. The summed E-state index contributed by atoms with van der Waals surface area (Å²) < 4.78 is -1.40. The zero-order valence-corrected chi connectivity index (χ0v) is 14.5. The average molecular weight is 715 g/mol. The van der Waals surface area contributed by atoms with Crippen LogP contribution in [-0.4, -0.2) is 4.00 Å². The normalized spacial score (nSPS) is 12.0. The molecule has 0 aliphatic carbocycles. The fourth-order valence-electron chi connectivity index (χ4n) is 0. The summed E-state index contributed by atoms with van der Waals surface area (Å²) in [6.07, 6.45) is 0. The van der Waals surface area contributed by atoms with E-state index in [9.17, 15) is 0 Å². The second-order valence-corrected chi connectivity index (χ2v) is 169. The first-order valence-electron chi connectivity index (χ1n) is 0.756. The molecule has 0 saturated heterocycles. The Balaban J connectivity index is 3.02. The second kappa shape index (κ2) is 3.79. The Hall–Kier alpha value is 3.84. The Morgan fingerprint density at radius 3 is 0.800 bits per heavy atom. The van der Waals surface area contributed by atoms with Crippen molar-refractivity contribution in [1.29, 1.82) is 0 Å². The predicted octanol–water partition coefficient (Wildman–Crippen LogP) is 3.16. The molecule has 0 amide bonds. The molecule has 0 radical (unpaired) electrons. The topological polar surface area (TPSA) is 0 Å². The standard InChI is InChI=1S/4HI.Pb/h4*1H;/q;;;;+4/p-4. The van der Waals surface area contributed by atoms with E-state index >= 15 is 0 Å². The van der Waals surface area contributed by atoms with Crippen molar-refractivity contribution in [2.45, 2.75) is 0 Å². The van der Waals surface area contributed by atoms with Crippen molar-refractivity contribution in [3.8, 4) is 0 Å². The molecule has 0 spiro atoms. The molecule has 0 saturated carbocycles. The Morgan fingerprint density at radius 1 is 0.800 bits per heavy atom. The molecule has 0 rings (SSSR count). The van der Waals surface area contributed by atoms with E-state index in [-0.39, 0.29) is 0 Å². The zero-order valence-electron chi connectivity index (χ0n) is 2.01. The molecule has 0 aromatic rings. The summed E-state index contributed by atoms with van der Waals surface area (Å²) in [6.45, 7) is 0. The number of rotatable bonds is 0. The van der Waals surface area contributed by atoms with E-state index in [1.165, 1.54) is 0 Å². The summed E-state index contributed by atoms with van der Waals surface area (Å²) in [7, 11) is 0. The molecule has 5 heavy (non-hydrogen) atoms. The van der Waals surface area contributed by atoms with Gasteiger partial charge >= 0.3 is 75.0 Å². The molecule has 0 unspecified atom stereocenters. The Bertz CT molecular complexity index is 19.1. The van der Waals surface area contributed by atoms with Crippen LogP contribution in [0.25, 0.3) is 0 Å². The van der Waals surface area contributed by atoms with E-state index in [2.05, 4.69) is 71.0 Å². The zero-order chi connectivity index (χ0) is 4.50. The molecular formula is I4Pb. The number of hydrogen-bond acceptors (Lipinski definition) is 0. The molecule has 0 fully saturated rings. The fraction of sp³-hybridized carbons (Fsp3) is 0. The van der Waals surface area contributed by atoms with Crippen molar-refractivity contribution in [2.75, 3.05) is 0 Å². The first-order valence-corrected chi connectivity index (χ1v) is 44.5. The average Bonchev–Trinajstić information content (AvgIpc) is 0.722. The monoisotopic (exact) mass is 716 g/mol. The van der Waals surface area contributed by atoms with Gasteiger partial charge in [-0.1, -0.05) is 0 Å². The van der Waals surface area contributed by atoms with Crippen LogP contribution >= 0.6 is 71.0 Å². The van der Waals surface area contributed by atoms with E-state index < -0.39 is 4.00 Å². The first-order chi connectivity index (χ1) is 2.00. The van der Waals surface area contributed by atoms with E-state index in [1.54, 1.807) is 0 Å². The second-order valence-electron chi connectivity index (χ2n) is 0.429. The molecule has 0 nitrogen and oxygen atoms in total. The summed E-state index contributed by atoms with van der Waals surface area (Å²) in [5.41, 5.74) is 0. The minimum atomic E-state index is -1.40. The molecule has 0 aliphatic rings. The summed E-state index contributed by atoms with van der Waals surface area (Å²) in [5.74, 6) is 0. The molecule has 0 aromatic heterocycles. The SMILES string of the molecule is [I][Pb]([I])([I])[I]. The van der Waals surface area contributed by atoms with Crippen molar-refractivity contribution < 1.29 is 0 Å². The van der Waals surface area contributed by atoms with Gasteiger partial charge in [-0.2, -0.15) is 0 Å². The van der Waals surface area contributed by atoms with Crippen molar-refractivity contribution >= 4 is 75.0 Å². The molecule has 0 aromatic carbocycles. The van der Waals surface area contributed by atoms with Crippen LogP contribution in [0, 0.1) is 0 Å². The van der Waals surface area contributed by atoms with Gasteiger partial charge in [0.05, 0.1) is 0 Å². The van der Waals surface area contributed by atoms with Gasteiger partial charge in [-0.25, -0.2) is 0 Å². The molecular weight excluding hydrogens is 715 g/mol. The summed E-state index contributed by atoms with van der Waals surface area (Å²) >= 11 is 10.2. The molecule has 0 atom stereocenters. The summed E-state index contributed by atoms with van der Waals surface area (Å²) in [6, 6.07) is 0. The van der Waals surface area contributed by atoms with Gasteiger partial charge in [0, 0.05) is 0 Å². The van der Waals surface area contributed by atoms with Gasteiger partial charge in [0.25, 0.3) is 0 Å². The minimum absolute atomic E-state index is 1.40. The fourth-order valence-corrected chi connectivity index (χ4v) is 0. The van der Waals surface area contributed by atoms with Crippen LogP contribution in [0.1, 0.15) is 0 Å². The van der Waals surface area contributed by atoms with E-state index in [4.69, 9.17) is 0 Å². The van der Waals surface area contributed by atoms with Crippen molar-refractivity contribution in [3.05, 3.63) is 0 Å². The van der Waals surface area contributed by atoms with Crippen LogP contribution in [0.2, 0.25) is 0 Å². The molecule has 0 N–H and O–H groups in total. The van der Waals surface area contributed by atoms with Crippen LogP contribution in [0.3, 0.4) is 0 Å². The molecule has 0 bridgehead atoms. The van der Waals surface area contributed by atoms with Gasteiger partial charge in [-0.05, 0) is 0 Å². The van der Waals surface area contributed by atoms with Gasteiger partial charge in [0.1, 0.15) is 0 Å². The van der Waals surface area contributed by atoms with E-state index in [1.807, 2.05) is 0 Å². The van der Waals surface area contributed by atoms with E-state index in [0.717, 1.165) is 0 Å². The number of halogens is 4. The van der Waals surface area contributed by atoms with Crippen molar-refractivity contribution in [1.82, 2.24) is 0 Å². The molecule has 5 heteroatoms. The third-order valence-corrected chi connectivity index (χ3v) is 0. The third kappa shape index (κ3) is 18.1. The quantitative estimate of drug-likeness (QED) is 0.268. The van der Waals surface area contributed by atoms with Gasteiger partial charge in [-0.15, -0.1) is 0 Å². The summed E-state index contributed by atoms with van der Waals surface area (Å²) in [4.78, 5) is 0. The first kappa shape index (κ1) is 8.84. The van der Waals surface area contributed by atoms with Gasteiger partial charge < -0.3 is 0 Å². The Kier molecular flexibility index (Phi) is 6.70. The van der Waals surface area contributed by atoms with Crippen LogP contribution in [0.4, 0.5) is 0 Å². The van der Waals surface area contributed by atoms with Gasteiger partial charge in [0.15, 0.2) is 0 Å². The van der Waals surface area contributed by atoms with Crippen LogP contribution in [0.5, 0.6) is 0 Å². The van der Waals surface area contributed by atoms with Gasteiger partial charge in [-0.3, -0.25) is 0 Å². The maximum absolute atomic E-state index is 2.56. The Labute approximate surface area is 72.1 Å². The van der Waals surface area contributed by atoms with Crippen molar-refractivity contribution in [2.24, 2.45) is 0 Å². The van der Waals surface area contributed by atoms with E-state index in [0.29, 0.717) is 0 Å². The van der Waals surface area contributed by atoms with Crippen molar-refractivity contribution in [3.63, 3.8) is 0 Å². The molecule has 32 valence electrons. The molecule has 0 heterocycles. The third-order valence-electron chi connectivity index (χ3n) is 0. The number of hydrogen-bond donors (Lipinski definition) is 0. The van der Waals surface area contributed by atoms with Crippen LogP contribution in [-0.2, 0) is 0 Å². The van der Waals surface area contributed by atoms with Crippen LogP contribution in [0.15, 0.2) is 0 Å². The van der Waals surface area contributed by atoms with Gasteiger partial charge in [0.2, 0.25) is 0 Å². The summed E-state index contributed by atoms with van der Waals surface area (Å²) in [5, 5.41) is 0. The molecule has 0 aliphatic heterocycles. The van der Waals surface area contributed by atoms with Crippen LogP contribution < -0.4 is 0 Å². The predicted molar refractivity (Wildman–Crippen MR) is 61.8 cm³/mol.